The Kier molecular flexibility index (Phi) is 10.1. The molecule has 1 fully saturated rings. The van der Waals surface area contributed by atoms with Gasteiger partial charge < -0.3 is 19.6 Å². The number of carbonyl (C=O) groups excluding carboxylic acids is 1. The van der Waals surface area contributed by atoms with Crippen LogP contribution in [0.25, 0.3) is 0 Å². The predicted molar refractivity (Wildman–Crippen MR) is 120 cm³/mol. The highest BCUT2D eigenvalue weighted by molar-refractivity contribution is 5.84. The third-order valence-electron chi connectivity index (χ3n) is 5.69. The molecule has 1 aromatic heterocycles. The molecule has 30 heavy (non-hydrogen) atoms. The Labute approximate surface area is 181 Å². The van der Waals surface area contributed by atoms with Gasteiger partial charge in [0.15, 0.2) is 5.96 Å². The van der Waals surface area contributed by atoms with Crippen LogP contribution in [0.15, 0.2) is 15.6 Å². The molecule has 0 spiro atoms. The number of nitrogens with one attached hydrogen (secondary N) is 1. The fourth-order valence-corrected chi connectivity index (χ4v) is 3.57. The first-order valence-electron chi connectivity index (χ1n) is 11.3. The number of carbonyl (C=O) groups is 1. The minimum absolute atomic E-state index is 0.0207. The van der Waals surface area contributed by atoms with Crippen molar-refractivity contribution in [1.29, 1.82) is 0 Å². The van der Waals surface area contributed by atoms with Gasteiger partial charge in [0.05, 0.1) is 5.69 Å². The first-order chi connectivity index (χ1) is 14.4. The van der Waals surface area contributed by atoms with E-state index in [2.05, 4.69) is 39.1 Å². The number of aryl methyl sites for hydroxylation is 1. The fraction of sp³-hybridized carbons (Fsp3) is 0.773. The van der Waals surface area contributed by atoms with E-state index in [1.165, 1.54) is 19.3 Å². The Balaban J connectivity index is 1.94. The second-order valence-electron chi connectivity index (χ2n) is 8.42. The Bertz CT molecular complexity index is 664. The topological polar surface area (TPSA) is 77.2 Å². The molecule has 1 N–H and O–H groups in total. The molecule has 1 unspecified atom stereocenters. The summed E-state index contributed by atoms with van der Waals surface area (Å²) in [5.74, 6) is 2.36. The average Bonchev–Trinajstić information content (AvgIpc) is 3.15. The van der Waals surface area contributed by atoms with Crippen molar-refractivity contribution in [2.75, 3.05) is 53.4 Å². The van der Waals surface area contributed by atoms with E-state index in [1.54, 1.807) is 19.0 Å². The van der Waals surface area contributed by atoms with Crippen molar-refractivity contribution in [3.63, 3.8) is 0 Å². The molecular weight excluding hydrogens is 380 g/mol. The van der Waals surface area contributed by atoms with Gasteiger partial charge in [-0.1, -0.05) is 38.3 Å². The molecule has 8 heteroatoms. The van der Waals surface area contributed by atoms with Gasteiger partial charge in [-0.25, -0.2) is 4.99 Å². The summed E-state index contributed by atoms with van der Waals surface area (Å²) in [5.41, 5.74) is 0.978. The lowest BCUT2D eigenvalue weighted by Gasteiger charge is -2.36. The van der Waals surface area contributed by atoms with Crippen molar-refractivity contribution in [3.8, 4) is 0 Å². The molecule has 170 valence electrons. The van der Waals surface area contributed by atoms with Crippen LogP contribution in [-0.2, 0) is 11.3 Å². The second kappa shape index (κ2) is 12.6. The first kappa shape index (κ1) is 24.2. The number of rotatable bonds is 10. The molecule has 1 aromatic rings. The summed E-state index contributed by atoms with van der Waals surface area (Å²) in [7, 11) is 3.54. The normalized spacial score (nSPS) is 16.6. The van der Waals surface area contributed by atoms with E-state index in [1.807, 2.05) is 13.0 Å². The van der Waals surface area contributed by atoms with E-state index in [0.29, 0.717) is 5.92 Å². The Morgan fingerprint density at radius 1 is 1.30 bits per heavy atom. The van der Waals surface area contributed by atoms with E-state index in [-0.39, 0.29) is 12.5 Å². The highest BCUT2D eigenvalue weighted by Crippen LogP contribution is 2.13. The number of unbranched alkanes of at least 4 members (excludes halogenated alkanes) is 1. The van der Waals surface area contributed by atoms with Crippen LogP contribution < -0.4 is 5.32 Å². The lowest BCUT2D eigenvalue weighted by atomic mass is 9.99. The maximum Gasteiger partial charge on any atom is 0.243 e. The number of aromatic nitrogens is 1. The van der Waals surface area contributed by atoms with Gasteiger partial charge in [-0.05, 0) is 19.3 Å². The molecule has 0 aliphatic carbocycles. The van der Waals surface area contributed by atoms with Crippen molar-refractivity contribution in [2.24, 2.45) is 10.9 Å². The number of piperazine rings is 1. The maximum absolute atomic E-state index is 12.1. The molecule has 0 radical (unpaired) electrons. The van der Waals surface area contributed by atoms with Gasteiger partial charge in [-0.15, -0.1) is 0 Å². The van der Waals surface area contributed by atoms with Crippen molar-refractivity contribution in [2.45, 2.75) is 53.0 Å². The van der Waals surface area contributed by atoms with Gasteiger partial charge in [-0.2, -0.15) is 0 Å². The number of likely N-dealkylation sites (N-methyl/N-ethyl adjacent to an activating group) is 1. The minimum atomic E-state index is 0.0207. The molecule has 1 aliphatic heterocycles. The number of hydrogen-bond donors (Lipinski definition) is 1. The summed E-state index contributed by atoms with van der Waals surface area (Å²) in [6, 6.07) is 1.99. The summed E-state index contributed by atoms with van der Waals surface area (Å²) < 4.78 is 5.18. The lowest BCUT2D eigenvalue weighted by Crippen LogP contribution is -2.53. The molecule has 1 amide bonds. The fourth-order valence-electron chi connectivity index (χ4n) is 3.57. The Morgan fingerprint density at radius 2 is 2.03 bits per heavy atom. The number of aliphatic imine (C=N–C) groups is 1. The van der Waals surface area contributed by atoms with Gasteiger partial charge in [0.2, 0.25) is 5.91 Å². The van der Waals surface area contributed by atoms with Crippen molar-refractivity contribution in [1.82, 2.24) is 25.2 Å². The van der Waals surface area contributed by atoms with E-state index < -0.39 is 0 Å². The molecule has 2 heterocycles. The van der Waals surface area contributed by atoms with Crippen molar-refractivity contribution >= 4 is 11.9 Å². The minimum Gasteiger partial charge on any atom is -0.361 e. The summed E-state index contributed by atoms with van der Waals surface area (Å²) in [4.78, 5) is 23.0. The number of nitrogens with zero attached hydrogens (tertiary/aromatic N) is 5. The molecular formula is C22H40N6O2. The van der Waals surface area contributed by atoms with Crippen LogP contribution in [0.4, 0.5) is 0 Å². The van der Waals surface area contributed by atoms with Gasteiger partial charge in [0, 0.05) is 59.4 Å². The summed E-state index contributed by atoms with van der Waals surface area (Å²) in [5, 5.41) is 7.67. The third kappa shape index (κ3) is 7.97. The molecule has 1 aliphatic rings. The number of amides is 1. The molecule has 8 nitrogen and oxygen atoms in total. The van der Waals surface area contributed by atoms with Crippen LogP contribution in [0, 0.1) is 12.8 Å². The van der Waals surface area contributed by atoms with Gasteiger partial charge in [-0.3, -0.25) is 9.69 Å². The van der Waals surface area contributed by atoms with Crippen LogP contribution in [0.2, 0.25) is 0 Å². The van der Waals surface area contributed by atoms with Crippen LogP contribution in [0.5, 0.6) is 0 Å². The highest BCUT2D eigenvalue weighted by Gasteiger charge is 2.21. The average molecular weight is 421 g/mol. The molecule has 1 atom stereocenters. The molecule has 0 aromatic carbocycles. The SMILES string of the molecule is CCCCC(CC)CNC(=NCC(=O)N(C)C)N1CCN(Cc2cc(C)on2)CC1. The Hall–Kier alpha value is -2.09. The lowest BCUT2D eigenvalue weighted by molar-refractivity contribution is -0.127. The van der Waals surface area contributed by atoms with Gasteiger partial charge in [0.1, 0.15) is 12.3 Å². The largest absolute Gasteiger partial charge is 0.361 e. The van der Waals surface area contributed by atoms with E-state index in [0.717, 1.165) is 63.1 Å². The number of hydrogen-bond acceptors (Lipinski definition) is 5. The molecule has 1 saturated heterocycles. The van der Waals surface area contributed by atoms with E-state index >= 15 is 0 Å². The molecule has 0 bridgehead atoms. The maximum atomic E-state index is 12.1. The van der Waals surface area contributed by atoms with Crippen molar-refractivity contribution in [3.05, 3.63) is 17.5 Å². The smallest absolute Gasteiger partial charge is 0.243 e. The Morgan fingerprint density at radius 3 is 2.60 bits per heavy atom. The molecule has 2 rings (SSSR count). The van der Waals surface area contributed by atoms with Crippen molar-refractivity contribution < 1.29 is 9.32 Å². The zero-order chi connectivity index (χ0) is 21.9. The zero-order valence-electron chi connectivity index (χ0n) is 19.5. The van der Waals surface area contributed by atoms with Crippen LogP contribution >= 0.6 is 0 Å². The quantitative estimate of drug-likeness (QED) is 0.462. The third-order valence-corrected chi connectivity index (χ3v) is 5.69. The zero-order valence-corrected chi connectivity index (χ0v) is 19.5. The monoisotopic (exact) mass is 420 g/mol. The van der Waals surface area contributed by atoms with Crippen LogP contribution in [0.1, 0.15) is 51.0 Å². The highest BCUT2D eigenvalue weighted by atomic mass is 16.5. The molecule has 0 saturated carbocycles. The van der Waals surface area contributed by atoms with Gasteiger partial charge >= 0.3 is 0 Å². The van der Waals surface area contributed by atoms with E-state index in [4.69, 9.17) is 4.52 Å². The van der Waals surface area contributed by atoms with Crippen LogP contribution in [0.3, 0.4) is 0 Å². The predicted octanol–water partition coefficient (Wildman–Crippen LogP) is 2.35. The van der Waals surface area contributed by atoms with Gasteiger partial charge in [0.25, 0.3) is 0 Å². The van der Waals surface area contributed by atoms with Crippen LogP contribution in [-0.4, -0.2) is 85.1 Å². The summed E-state index contributed by atoms with van der Waals surface area (Å²) >= 11 is 0. The van der Waals surface area contributed by atoms with E-state index in [9.17, 15) is 4.79 Å². The summed E-state index contributed by atoms with van der Waals surface area (Å²) in [6.07, 6.45) is 4.87. The summed E-state index contributed by atoms with van der Waals surface area (Å²) in [6.45, 7) is 11.9. The second-order valence-corrected chi connectivity index (χ2v) is 8.42. The first-order valence-corrected chi connectivity index (χ1v) is 11.3. The standard InChI is InChI=1S/C22H40N6O2/c1-6-8-9-19(7-2)15-23-22(24-16-21(29)26(4)5)28-12-10-27(11-13-28)17-20-14-18(3)30-25-20/h14,19H,6-13,15-17H2,1-5H3,(H,23,24). The number of guanidine groups is 1.